The van der Waals surface area contributed by atoms with E-state index in [9.17, 15) is 5.11 Å². The molecule has 0 saturated heterocycles. The number of aliphatic hydroxyl groups is 1. The van der Waals surface area contributed by atoms with Crippen LogP contribution < -0.4 is 0 Å². The van der Waals surface area contributed by atoms with Crippen LogP contribution in [0.15, 0.2) is 91.0 Å². The van der Waals surface area contributed by atoms with Gasteiger partial charge < -0.3 is 5.11 Å². The zero-order valence-corrected chi connectivity index (χ0v) is 18.9. The van der Waals surface area contributed by atoms with E-state index in [1.54, 1.807) is 0 Å². The fourth-order valence-corrected chi connectivity index (χ4v) is 5.26. The van der Waals surface area contributed by atoms with Crippen molar-refractivity contribution in [2.45, 2.75) is 24.9 Å². The molecule has 0 amide bonds. The number of hydrogen-bond donors (Lipinski definition) is 1. The van der Waals surface area contributed by atoms with E-state index >= 15 is 0 Å². The van der Waals surface area contributed by atoms with Crippen molar-refractivity contribution in [1.29, 1.82) is 0 Å². The lowest BCUT2D eigenvalue weighted by Crippen LogP contribution is -2.41. The molecular weight excluding hydrogens is 423 g/mol. The van der Waals surface area contributed by atoms with Gasteiger partial charge in [0.15, 0.2) is 0 Å². The Morgan fingerprint density at radius 3 is 1.61 bits per heavy atom. The van der Waals surface area contributed by atoms with Gasteiger partial charge in [0.25, 0.3) is 0 Å². The van der Waals surface area contributed by atoms with E-state index in [2.05, 4.69) is 26.0 Å². The molecule has 1 aliphatic rings. The summed E-state index contributed by atoms with van der Waals surface area (Å²) >= 11 is 12.6. The molecule has 0 aliphatic heterocycles. The largest absolute Gasteiger partial charge is 0.376 e. The maximum atomic E-state index is 12.6. The highest BCUT2D eigenvalue weighted by Crippen LogP contribution is 2.53. The maximum absolute atomic E-state index is 12.6. The predicted octanol–water partition coefficient (Wildman–Crippen LogP) is 7.58. The molecule has 0 heterocycles. The van der Waals surface area contributed by atoms with Crippen LogP contribution >= 0.6 is 23.2 Å². The molecule has 1 nitrogen and oxygen atoms in total. The Bertz CT molecular complexity index is 1240. The fourth-order valence-electron chi connectivity index (χ4n) is 4.96. The molecule has 31 heavy (non-hydrogen) atoms. The molecule has 154 valence electrons. The monoisotopic (exact) mass is 444 g/mol. The van der Waals surface area contributed by atoms with Crippen LogP contribution in [0.25, 0.3) is 11.1 Å². The van der Waals surface area contributed by atoms with E-state index in [1.165, 1.54) is 0 Å². The molecule has 1 N–H and O–H groups in total. The molecular formula is C28H22Cl2O. The van der Waals surface area contributed by atoms with Gasteiger partial charge in [-0.25, -0.2) is 0 Å². The van der Waals surface area contributed by atoms with Gasteiger partial charge in [-0.2, -0.15) is 0 Å². The minimum Gasteiger partial charge on any atom is -0.376 e. The van der Waals surface area contributed by atoms with Crippen molar-refractivity contribution in [1.82, 2.24) is 0 Å². The molecule has 0 saturated carbocycles. The van der Waals surface area contributed by atoms with Crippen molar-refractivity contribution in [3.8, 4) is 11.1 Å². The number of rotatable bonds is 2. The third kappa shape index (κ3) is 3.03. The minimum absolute atomic E-state index is 0.238. The summed E-state index contributed by atoms with van der Waals surface area (Å²) in [7, 11) is 0. The summed E-state index contributed by atoms with van der Waals surface area (Å²) in [5, 5.41) is 13.9. The van der Waals surface area contributed by atoms with E-state index in [0.29, 0.717) is 10.0 Å². The summed E-state index contributed by atoms with van der Waals surface area (Å²) in [4.78, 5) is 0. The standard InChI is InChI=1S/C28H22Cl2O/c1-27(2)22-7-3-5-9-24(22)28(31,25-10-6-4-8-23(25)27)26-17-20(30)15-16-21(26)18-11-13-19(29)14-12-18/h3-17,31H,1-2H3. The lowest BCUT2D eigenvalue weighted by molar-refractivity contribution is 0.117. The van der Waals surface area contributed by atoms with Gasteiger partial charge in [0.2, 0.25) is 0 Å². The van der Waals surface area contributed by atoms with Crippen LogP contribution in [0.4, 0.5) is 0 Å². The molecule has 5 rings (SSSR count). The van der Waals surface area contributed by atoms with Gasteiger partial charge in [0.05, 0.1) is 0 Å². The summed E-state index contributed by atoms with van der Waals surface area (Å²) < 4.78 is 0. The smallest absolute Gasteiger partial charge is 0.141 e. The van der Waals surface area contributed by atoms with Crippen LogP contribution in [0.3, 0.4) is 0 Å². The molecule has 0 spiro atoms. The van der Waals surface area contributed by atoms with Crippen molar-refractivity contribution in [2.24, 2.45) is 0 Å². The topological polar surface area (TPSA) is 20.2 Å². The lowest BCUT2D eigenvalue weighted by atomic mass is 9.61. The molecule has 4 aromatic rings. The molecule has 0 fully saturated rings. The molecule has 0 bridgehead atoms. The van der Waals surface area contributed by atoms with E-state index in [-0.39, 0.29) is 5.41 Å². The van der Waals surface area contributed by atoms with Gasteiger partial charge in [-0.05, 0) is 57.6 Å². The Labute approximate surface area is 192 Å². The van der Waals surface area contributed by atoms with Crippen LogP contribution in [0, 0.1) is 0 Å². The average Bonchev–Trinajstić information content (AvgIpc) is 2.78. The Kier molecular flexibility index (Phi) is 4.75. The lowest BCUT2D eigenvalue weighted by Gasteiger charge is -2.45. The second kappa shape index (κ2) is 7.24. The maximum Gasteiger partial charge on any atom is 0.141 e. The second-order valence-corrected chi connectivity index (χ2v) is 9.50. The zero-order valence-electron chi connectivity index (χ0n) is 17.4. The first-order chi connectivity index (χ1) is 14.8. The predicted molar refractivity (Wildman–Crippen MR) is 129 cm³/mol. The van der Waals surface area contributed by atoms with Gasteiger partial charge >= 0.3 is 0 Å². The van der Waals surface area contributed by atoms with Gasteiger partial charge in [0, 0.05) is 21.0 Å². The molecule has 1 aliphatic carbocycles. The Hall–Kier alpha value is -2.58. The van der Waals surface area contributed by atoms with E-state index in [0.717, 1.165) is 38.9 Å². The van der Waals surface area contributed by atoms with Crippen LogP contribution in [-0.2, 0) is 11.0 Å². The zero-order chi connectivity index (χ0) is 21.8. The Morgan fingerprint density at radius 1 is 0.581 bits per heavy atom. The van der Waals surface area contributed by atoms with Crippen molar-refractivity contribution in [3.05, 3.63) is 129 Å². The van der Waals surface area contributed by atoms with Gasteiger partial charge in [0.1, 0.15) is 5.60 Å². The number of benzene rings is 4. The van der Waals surface area contributed by atoms with Gasteiger partial charge in [-0.15, -0.1) is 0 Å². The first-order valence-electron chi connectivity index (χ1n) is 10.3. The number of fused-ring (bicyclic) bond motifs is 2. The SMILES string of the molecule is CC1(C)c2ccccc2C(O)(c2cc(Cl)ccc2-c2ccc(Cl)cc2)c2ccccc21. The van der Waals surface area contributed by atoms with E-state index in [4.69, 9.17) is 23.2 Å². The number of hydrogen-bond acceptors (Lipinski definition) is 1. The summed E-state index contributed by atoms with van der Waals surface area (Å²) in [6, 6.07) is 29.7. The van der Waals surface area contributed by atoms with Crippen molar-refractivity contribution in [2.75, 3.05) is 0 Å². The first kappa shape index (κ1) is 20.3. The van der Waals surface area contributed by atoms with Gasteiger partial charge in [-0.3, -0.25) is 0 Å². The highest BCUT2D eigenvalue weighted by atomic mass is 35.5. The summed E-state index contributed by atoms with van der Waals surface area (Å²) in [5.41, 5.74) is 5.07. The third-order valence-electron chi connectivity index (χ3n) is 6.51. The third-order valence-corrected chi connectivity index (χ3v) is 6.99. The van der Waals surface area contributed by atoms with E-state index < -0.39 is 5.60 Å². The molecule has 0 unspecified atom stereocenters. The number of halogens is 2. The Balaban J connectivity index is 1.89. The summed E-state index contributed by atoms with van der Waals surface area (Å²) in [5.74, 6) is 0. The highest BCUT2D eigenvalue weighted by molar-refractivity contribution is 6.31. The van der Waals surface area contributed by atoms with Crippen LogP contribution in [0.5, 0.6) is 0 Å². The van der Waals surface area contributed by atoms with Crippen LogP contribution in [0.1, 0.15) is 41.7 Å². The van der Waals surface area contributed by atoms with Gasteiger partial charge in [-0.1, -0.05) is 104 Å². The quantitative estimate of drug-likeness (QED) is 0.337. The summed E-state index contributed by atoms with van der Waals surface area (Å²) in [6.07, 6.45) is 0. The highest BCUT2D eigenvalue weighted by Gasteiger charge is 2.47. The molecule has 4 aromatic carbocycles. The molecule has 0 radical (unpaired) electrons. The summed E-state index contributed by atoms with van der Waals surface area (Å²) in [6.45, 7) is 4.42. The minimum atomic E-state index is -1.34. The second-order valence-electron chi connectivity index (χ2n) is 8.62. The van der Waals surface area contributed by atoms with E-state index in [1.807, 2.05) is 78.9 Å². The van der Waals surface area contributed by atoms with Crippen molar-refractivity contribution >= 4 is 23.2 Å². The molecule has 0 aromatic heterocycles. The van der Waals surface area contributed by atoms with Crippen molar-refractivity contribution < 1.29 is 5.11 Å². The fraction of sp³-hybridized carbons (Fsp3) is 0.143. The van der Waals surface area contributed by atoms with Crippen molar-refractivity contribution in [3.63, 3.8) is 0 Å². The normalized spacial score (nSPS) is 15.8. The van der Waals surface area contributed by atoms with Crippen LogP contribution in [-0.4, -0.2) is 5.11 Å². The van der Waals surface area contributed by atoms with Crippen LogP contribution in [0.2, 0.25) is 10.0 Å². The Morgan fingerprint density at radius 2 is 1.06 bits per heavy atom. The molecule has 3 heteroatoms. The molecule has 0 atom stereocenters. The average molecular weight is 445 g/mol. The first-order valence-corrected chi connectivity index (χ1v) is 11.1.